The zero-order valence-corrected chi connectivity index (χ0v) is 37.3. The van der Waals surface area contributed by atoms with Crippen molar-refractivity contribution in [2.24, 2.45) is 5.73 Å². The first-order chi connectivity index (χ1) is 27.0. The van der Waals surface area contributed by atoms with E-state index in [0.717, 1.165) is 38.6 Å². The molecule has 55 heavy (non-hydrogen) atoms. The number of nitrogens with one attached hydrogen (secondary N) is 1. The molecule has 0 saturated heterocycles. The van der Waals surface area contributed by atoms with E-state index < -0.39 is 5.97 Å². The number of hydrogen-bond acceptors (Lipinski definition) is 5. The van der Waals surface area contributed by atoms with Gasteiger partial charge in [0.05, 0.1) is 6.61 Å². The van der Waals surface area contributed by atoms with Crippen LogP contribution >= 0.6 is 0 Å². The van der Waals surface area contributed by atoms with Crippen molar-refractivity contribution in [2.75, 3.05) is 13.2 Å². The Hall–Kier alpha value is -1.14. The topological polar surface area (TPSA) is 102 Å². The summed E-state index contributed by atoms with van der Waals surface area (Å²) < 4.78 is 5.48. The van der Waals surface area contributed by atoms with Gasteiger partial charge in [0.25, 0.3) is 0 Å². The van der Waals surface area contributed by atoms with Crippen LogP contribution in [0.3, 0.4) is 0 Å². The van der Waals surface area contributed by atoms with Crippen molar-refractivity contribution in [3.8, 4) is 0 Å². The molecule has 0 saturated carbocycles. The second-order valence-corrected chi connectivity index (χ2v) is 17.4. The fraction of sp³-hybridized carbons (Fsp3) is 0.959. The minimum Gasteiger partial charge on any atom is -0.481 e. The molecule has 6 heteroatoms. The van der Waals surface area contributed by atoms with E-state index in [1.807, 2.05) is 0 Å². The lowest BCUT2D eigenvalue weighted by Crippen LogP contribution is -2.43. The van der Waals surface area contributed by atoms with Crippen molar-refractivity contribution in [1.29, 1.82) is 0 Å². The monoisotopic (exact) mass is 779 g/mol. The molecule has 0 radical (unpaired) electrons. The minimum atomic E-state index is -0.665. The Kier molecular flexibility index (Phi) is 44.6. The Balaban J connectivity index is 3.36. The molecule has 6 nitrogen and oxygen atoms in total. The smallest absolute Gasteiger partial charge is 0.305 e. The molecule has 2 atom stereocenters. The molecule has 4 N–H and O–H groups in total. The summed E-state index contributed by atoms with van der Waals surface area (Å²) in [5, 5.41) is 12.4. The molecule has 0 aliphatic heterocycles. The maximum absolute atomic E-state index is 12.1. The van der Waals surface area contributed by atoms with Gasteiger partial charge in [-0.25, -0.2) is 0 Å². The van der Waals surface area contributed by atoms with Gasteiger partial charge >= 0.3 is 11.9 Å². The van der Waals surface area contributed by atoms with Crippen molar-refractivity contribution in [3.63, 3.8) is 0 Å². The molecule has 0 bridgehead atoms. The lowest BCUT2D eigenvalue weighted by Gasteiger charge is -2.22. The zero-order valence-electron chi connectivity index (χ0n) is 37.3. The highest BCUT2D eigenvalue weighted by Gasteiger charge is 2.12. The number of carbonyl (C=O) groups excluding carboxylic acids is 1. The van der Waals surface area contributed by atoms with Crippen LogP contribution in [0.25, 0.3) is 0 Å². The summed E-state index contributed by atoms with van der Waals surface area (Å²) in [6.45, 7) is 6.15. The number of hydrogen-bond donors (Lipinski definition) is 3. The number of nitrogens with two attached hydrogens (primary N) is 1. The second-order valence-electron chi connectivity index (χ2n) is 17.4. The summed E-state index contributed by atoms with van der Waals surface area (Å²) in [4.78, 5) is 22.6. The van der Waals surface area contributed by atoms with Gasteiger partial charge in [-0.2, -0.15) is 0 Å². The van der Waals surface area contributed by atoms with E-state index >= 15 is 0 Å². The fourth-order valence-corrected chi connectivity index (χ4v) is 7.96. The SMILES string of the molecule is CCCCCCCCCCCCCCCCCCOC(=O)CCCCCCCCCCCCCNC(CCCCCCCCCCCCCC(=O)O)C(C)N. The lowest BCUT2D eigenvalue weighted by atomic mass is 10.0. The summed E-state index contributed by atoms with van der Waals surface area (Å²) in [6, 6.07) is 0.656. The molecule has 0 fully saturated rings. The van der Waals surface area contributed by atoms with E-state index in [-0.39, 0.29) is 12.0 Å². The van der Waals surface area contributed by atoms with Crippen LogP contribution in [0.2, 0.25) is 0 Å². The van der Waals surface area contributed by atoms with Gasteiger partial charge in [-0.3, -0.25) is 9.59 Å². The summed E-state index contributed by atoms with van der Waals surface area (Å²) >= 11 is 0. The average molecular weight is 779 g/mol. The maximum atomic E-state index is 12.1. The van der Waals surface area contributed by atoms with Gasteiger partial charge in [0.2, 0.25) is 0 Å². The van der Waals surface area contributed by atoms with Crippen molar-refractivity contribution >= 4 is 11.9 Å². The molecule has 0 spiro atoms. The standard InChI is InChI=1S/C49H98N2O4/c1-3-4-5-6-7-8-9-10-11-12-13-20-25-30-35-40-45-55-49(54)43-38-33-28-23-18-15-19-24-29-34-39-44-51-47(46(2)50)41-36-31-26-21-16-14-17-22-27-32-37-42-48(52)53/h46-47,51H,3-45,50H2,1-2H3,(H,52,53). The van der Waals surface area contributed by atoms with E-state index in [1.165, 1.54) is 218 Å². The predicted molar refractivity (Wildman–Crippen MR) is 239 cm³/mol. The van der Waals surface area contributed by atoms with Crippen LogP contribution in [-0.4, -0.2) is 42.3 Å². The first-order valence-electron chi connectivity index (χ1n) is 24.8. The maximum Gasteiger partial charge on any atom is 0.305 e. The highest BCUT2D eigenvalue weighted by Crippen LogP contribution is 2.16. The van der Waals surface area contributed by atoms with Crippen molar-refractivity contribution in [1.82, 2.24) is 5.32 Å². The van der Waals surface area contributed by atoms with Crippen molar-refractivity contribution < 1.29 is 19.4 Å². The van der Waals surface area contributed by atoms with Crippen LogP contribution in [0.1, 0.15) is 277 Å². The number of esters is 1. The van der Waals surface area contributed by atoms with E-state index in [9.17, 15) is 9.59 Å². The van der Waals surface area contributed by atoms with Crippen LogP contribution in [0.4, 0.5) is 0 Å². The number of carboxylic acid groups (broad SMARTS) is 1. The van der Waals surface area contributed by atoms with Crippen LogP contribution in [0.5, 0.6) is 0 Å². The molecule has 0 amide bonds. The fourth-order valence-electron chi connectivity index (χ4n) is 7.96. The number of aliphatic carboxylic acids is 1. The summed E-state index contributed by atoms with van der Waals surface area (Å²) in [5.41, 5.74) is 6.30. The van der Waals surface area contributed by atoms with Crippen LogP contribution in [0, 0.1) is 0 Å². The zero-order chi connectivity index (χ0) is 40.1. The summed E-state index contributed by atoms with van der Waals surface area (Å²) in [6.07, 6.45) is 51.5. The number of carbonyl (C=O) groups is 2. The quantitative estimate of drug-likeness (QED) is 0.0420. The number of rotatable bonds is 47. The van der Waals surface area contributed by atoms with Gasteiger partial charge in [-0.05, 0) is 45.6 Å². The van der Waals surface area contributed by atoms with Gasteiger partial charge in [-0.1, -0.05) is 225 Å². The van der Waals surface area contributed by atoms with Gasteiger partial charge in [0.1, 0.15) is 0 Å². The van der Waals surface area contributed by atoms with Crippen LogP contribution in [-0.2, 0) is 14.3 Å². The molecule has 0 aliphatic carbocycles. The first-order valence-corrected chi connectivity index (χ1v) is 24.8. The first kappa shape index (κ1) is 53.9. The normalized spacial score (nSPS) is 12.6. The van der Waals surface area contributed by atoms with Gasteiger partial charge in [-0.15, -0.1) is 0 Å². The molecule has 2 unspecified atom stereocenters. The van der Waals surface area contributed by atoms with E-state index in [0.29, 0.717) is 25.5 Å². The largest absolute Gasteiger partial charge is 0.481 e. The number of ether oxygens (including phenoxy) is 1. The Morgan fingerprint density at radius 2 is 0.800 bits per heavy atom. The van der Waals surface area contributed by atoms with Crippen molar-refractivity contribution in [2.45, 2.75) is 289 Å². The van der Waals surface area contributed by atoms with Gasteiger partial charge < -0.3 is 20.9 Å². The van der Waals surface area contributed by atoms with E-state index in [1.54, 1.807) is 0 Å². The second kappa shape index (κ2) is 45.6. The Labute approximate surface area is 343 Å². The molecular weight excluding hydrogens is 681 g/mol. The molecular formula is C49H98N2O4. The minimum absolute atomic E-state index is 0.0124. The van der Waals surface area contributed by atoms with E-state index in [4.69, 9.17) is 15.6 Å². The molecule has 0 aromatic rings. The Morgan fingerprint density at radius 1 is 0.473 bits per heavy atom. The average Bonchev–Trinajstić information content (AvgIpc) is 3.16. The molecule has 0 aromatic heterocycles. The van der Waals surface area contributed by atoms with Crippen LogP contribution in [0.15, 0.2) is 0 Å². The third kappa shape index (κ3) is 45.4. The summed E-state index contributed by atoms with van der Waals surface area (Å²) in [7, 11) is 0. The highest BCUT2D eigenvalue weighted by atomic mass is 16.5. The Morgan fingerprint density at radius 3 is 1.18 bits per heavy atom. The van der Waals surface area contributed by atoms with Crippen LogP contribution < -0.4 is 11.1 Å². The highest BCUT2D eigenvalue weighted by molar-refractivity contribution is 5.69. The molecule has 0 heterocycles. The molecule has 0 aromatic carbocycles. The van der Waals surface area contributed by atoms with Gasteiger partial charge in [0, 0.05) is 24.9 Å². The molecule has 0 rings (SSSR count). The van der Waals surface area contributed by atoms with E-state index in [2.05, 4.69) is 19.2 Å². The third-order valence-corrected chi connectivity index (χ3v) is 11.8. The van der Waals surface area contributed by atoms with Gasteiger partial charge in [0.15, 0.2) is 0 Å². The van der Waals surface area contributed by atoms with Crippen molar-refractivity contribution in [3.05, 3.63) is 0 Å². The third-order valence-electron chi connectivity index (χ3n) is 11.8. The molecule has 0 aliphatic rings. The molecule has 328 valence electrons. The number of unbranched alkanes of at least 4 members (excludes halogenated alkanes) is 35. The Bertz CT molecular complexity index is 776. The summed E-state index contributed by atoms with van der Waals surface area (Å²) in [5.74, 6) is -0.653. The number of carboxylic acids is 1. The predicted octanol–water partition coefficient (Wildman–Crippen LogP) is 14.9. The lowest BCUT2D eigenvalue weighted by molar-refractivity contribution is -0.144.